The average Bonchev–Trinajstić information content (AvgIpc) is 2.74. The fourth-order valence-corrected chi connectivity index (χ4v) is 2.07. The van der Waals surface area contributed by atoms with Crippen molar-refractivity contribution in [1.29, 1.82) is 0 Å². The zero-order valence-corrected chi connectivity index (χ0v) is 10.2. The molecule has 0 aliphatic heterocycles. The Morgan fingerprint density at radius 1 is 1.35 bits per heavy atom. The summed E-state index contributed by atoms with van der Waals surface area (Å²) < 4.78 is 5.13. The summed E-state index contributed by atoms with van der Waals surface area (Å²) >= 11 is 0. The van der Waals surface area contributed by atoms with Gasteiger partial charge in [-0.2, -0.15) is 0 Å². The van der Waals surface area contributed by atoms with Gasteiger partial charge < -0.3 is 10.3 Å². The number of nitrogens with zero attached hydrogens (tertiary/aromatic N) is 2. The molecule has 0 amide bonds. The van der Waals surface area contributed by atoms with Gasteiger partial charge in [-0.15, -0.1) is 0 Å². The minimum absolute atomic E-state index is 0.375. The lowest BCUT2D eigenvalue weighted by Crippen LogP contribution is -1.99. The van der Waals surface area contributed by atoms with E-state index in [1.54, 1.807) is 12.4 Å². The first-order chi connectivity index (χ1) is 8.27. The van der Waals surface area contributed by atoms with Crippen molar-refractivity contribution < 1.29 is 4.52 Å². The number of nitrogens with two attached hydrogens (primary N) is 1. The highest BCUT2D eigenvalue weighted by molar-refractivity contribution is 5.74. The van der Waals surface area contributed by atoms with Crippen molar-refractivity contribution in [2.75, 3.05) is 5.73 Å². The molecule has 2 aromatic rings. The molecule has 4 nitrogen and oxygen atoms in total. The van der Waals surface area contributed by atoms with E-state index >= 15 is 0 Å². The first kappa shape index (κ1) is 11.6. The van der Waals surface area contributed by atoms with Gasteiger partial charge >= 0.3 is 0 Å². The van der Waals surface area contributed by atoms with Crippen LogP contribution in [0.15, 0.2) is 29.0 Å². The Bertz CT molecular complexity index is 475. The third-order valence-electron chi connectivity index (χ3n) is 3.07. The molecule has 2 heterocycles. The highest BCUT2D eigenvalue weighted by atomic mass is 16.5. The first-order valence-electron chi connectivity index (χ1n) is 5.93. The van der Waals surface area contributed by atoms with Gasteiger partial charge in [-0.05, 0) is 18.9 Å². The summed E-state index contributed by atoms with van der Waals surface area (Å²) in [7, 11) is 0. The van der Waals surface area contributed by atoms with Crippen LogP contribution in [-0.2, 0) is 0 Å². The minimum Gasteiger partial charge on any atom is -0.367 e. The predicted molar refractivity (Wildman–Crippen MR) is 67.5 cm³/mol. The van der Waals surface area contributed by atoms with E-state index in [0.29, 0.717) is 11.8 Å². The van der Waals surface area contributed by atoms with Crippen molar-refractivity contribution in [2.24, 2.45) is 0 Å². The minimum atomic E-state index is 0.375. The molecule has 4 heteroatoms. The number of hydrogen-bond acceptors (Lipinski definition) is 4. The molecule has 0 spiro atoms. The van der Waals surface area contributed by atoms with Crippen LogP contribution < -0.4 is 5.73 Å². The number of aromatic nitrogens is 2. The summed E-state index contributed by atoms with van der Waals surface area (Å²) in [4.78, 5) is 4.11. The summed E-state index contributed by atoms with van der Waals surface area (Å²) in [6, 6.07) is 3.86. The molecule has 90 valence electrons. The third kappa shape index (κ3) is 2.16. The van der Waals surface area contributed by atoms with Crippen LogP contribution in [0.25, 0.3) is 11.1 Å². The van der Waals surface area contributed by atoms with E-state index in [1.165, 1.54) is 0 Å². The van der Waals surface area contributed by atoms with Gasteiger partial charge in [0.15, 0.2) is 0 Å². The summed E-state index contributed by atoms with van der Waals surface area (Å²) in [5, 5.41) is 4.11. The van der Waals surface area contributed by atoms with Gasteiger partial charge in [0.25, 0.3) is 0 Å². The highest BCUT2D eigenvalue weighted by Crippen LogP contribution is 2.35. The Kier molecular flexibility index (Phi) is 3.42. The second-order valence-corrected chi connectivity index (χ2v) is 4.06. The fourth-order valence-electron chi connectivity index (χ4n) is 2.07. The van der Waals surface area contributed by atoms with Crippen LogP contribution in [0.3, 0.4) is 0 Å². The van der Waals surface area contributed by atoms with E-state index in [1.807, 2.05) is 12.1 Å². The van der Waals surface area contributed by atoms with Crippen molar-refractivity contribution >= 4 is 5.88 Å². The van der Waals surface area contributed by atoms with Crippen molar-refractivity contribution in [1.82, 2.24) is 10.1 Å². The number of anilines is 1. The Morgan fingerprint density at radius 2 is 2.12 bits per heavy atom. The lowest BCUT2D eigenvalue weighted by Gasteiger charge is -2.10. The Hall–Kier alpha value is -1.84. The third-order valence-corrected chi connectivity index (χ3v) is 3.07. The molecule has 0 saturated carbocycles. The van der Waals surface area contributed by atoms with Crippen LogP contribution in [0.4, 0.5) is 5.88 Å². The molecule has 0 saturated heterocycles. The Morgan fingerprint density at radius 3 is 2.71 bits per heavy atom. The van der Waals surface area contributed by atoms with Crippen LogP contribution in [0.5, 0.6) is 0 Å². The number of hydrogen-bond donors (Lipinski definition) is 1. The molecule has 0 radical (unpaired) electrons. The maximum atomic E-state index is 5.86. The largest absolute Gasteiger partial charge is 0.367 e. The lowest BCUT2D eigenvalue weighted by atomic mass is 9.93. The van der Waals surface area contributed by atoms with Crippen molar-refractivity contribution in [3.05, 3.63) is 30.2 Å². The Balaban J connectivity index is 2.50. The molecule has 0 aliphatic carbocycles. The lowest BCUT2D eigenvalue weighted by molar-refractivity contribution is 0.416. The summed E-state index contributed by atoms with van der Waals surface area (Å²) in [6.07, 6.45) is 5.57. The fraction of sp³-hybridized carbons (Fsp3) is 0.385. The Labute approximate surface area is 101 Å². The van der Waals surface area contributed by atoms with Crippen molar-refractivity contribution in [3.63, 3.8) is 0 Å². The molecular weight excluding hydrogens is 214 g/mol. The van der Waals surface area contributed by atoms with Gasteiger partial charge in [0.1, 0.15) is 0 Å². The van der Waals surface area contributed by atoms with Crippen LogP contribution in [-0.4, -0.2) is 10.1 Å². The number of pyridine rings is 1. The van der Waals surface area contributed by atoms with Gasteiger partial charge in [-0.25, -0.2) is 0 Å². The van der Waals surface area contributed by atoms with E-state index in [0.717, 1.165) is 29.7 Å². The summed E-state index contributed by atoms with van der Waals surface area (Å²) in [5.41, 5.74) is 8.67. The monoisotopic (exact) mass is 231 g/mol. The first-order valence-corrected chi connectivity index (χ1v) is 5.93. The van der Waals surface area contributed by atoms with Gasteiger partial charge in [0.05, 0.1) is 11.3 Å². The number of nitrogen functional groups attached to an aromatic ring is 1. The average molecular weight is 231 g/mol. The van der Waals surface area contributed by atoms with Gasteiger partial charge in [0, 0.05) is 23.9 Å². The molecule has 0 aliphatic rings. The van der Waals surface area contributed by atoms with Gasteiger partial charge in [-0.3, -0.25) is 4.98 Å². The molecular formula is C13H17N3O. The van der Waals surface area contributed by atoms with Crippen LogP contribution in [0.2, 0.25) is 0 Å². The molecule has 2 aromatic heterocycles. The van der Waals surface area contributed by atoms with Crippen molar-refractivity contribution in [3.8, 4) is 11.1 Å². The molecule has 0 aromatic carbocycles. The quantitative estimate of drug-likeness (QED) is 0.877. The van der Waals surface area contributed by atoms with Crippen LogP contribution in [0, 0.1) is 0 Å². The molecule has 0 fully saturated rings. The van der Waals surface area contributed by atoms with Crippen LogP contribution in [0.1, 0.15) is 38.3 Å². The molecule has 0 unspecified atom stereocenters. The standard InChI is InChI=1S/C13H17N3O/c1-3-9(4-2)12-11(13(14)17-16-12)10-6-5-7-15-8-10/h5-9H,3-4,14H2,1-2H3. The van der Waals surface area contributed by atoms with E-state index < -0.39 is 0 Å². The van der Waals surface area contributed by atoms with Crippen molar-refractivity contribution in [2.45, 2.75) is 32.6 Å². The van der Waals surface area contributed by atoms with Crippen LogP contribution >= 0.6 is 0 Å². The van der Waals surface area contributed by atoms with Gasteiger partial charge in [0.2, 0.25) is 5.88 Å². The SMILES string of the molecule is CCC(CC)c1noc(N)c1-c1cccnc1. The molecule has 2 N–H and O–H groups in total. The normalized spacial score (nSPS) is 11.0. The van der Waals surface area contributed by atoms with E-state index in [2.05, 4.69) is 24.0 Å². The number of rotatable bonds is 4. The van der Waals surface area contributed by atoms with Gasteiger partial charge in [-0.1, -0.05) is 25.1 Å². The summed E-state index contributed by atoms with van der Waals surface area (Å²) in [6.45, 7) is 4.29. The van der Waals surface area contributed by atoms with E-state index in [-0.39, 0.29) is 0 Å². The maximum absolute atomic E-state index is 5.86. The van der Waals surface area contributed by atoms with E-state index in [4.69, 9.17) is 10.3 Å². The maximum Gasteiger partial charge on any atom is 0.230 e. The second kappa shape index (κ2) is 4.99. The molecule has 0 atom stereocenters. The van der Waals surface area contributed by atoms with E-state index in [9.17, 15) is 0 Å². The molecule has 17 heavy (non-hydrogen) atoms. The second-order valence-electron chi connectivity index (χ2n) is 4.06. The zero-order chi connectivity index (χ0) is 12.3. The topological polar surface area (TPSA) is 64.9 Å². The predicted octanol–water partition coefficient (Wildman–Crippen LogP) is 3.22. The molecule has 2 rings (SSSR count). The zero-order valence-electron chi connectivity index (χ0n) is 10.2. The summed E-state index contributed by atoms with van der Waals surface area (Å²) in [5.74, 6) is 0.756. The molecule has 0 bridgehead atoms. The smallest absolute Gasteiger partial charge is 0.230 e. The highest BCUT2D eigenvalue weighted by Gasteiger charge is 2.21.